The van der Waals surface area contributed by atoms with Crippen LogP contribution in [0, 0.1) is 0 Å². The third-order valence-electron chi connectivity index (χ3n) is 5.23. The van der Waals surface area contributed by atoms with Crippen molar-refractivity contribution in [2.45, 2.75) is 6.54 Å². The predicted octanol–water partition coefficient (Wildman–Crippen LogP) is 3.95. The van der Waals surface area contributed by atoms with Crippen LogP contribution in [-0.4, -0.2) is 42.1 Å². The van der Waals surface area contributed by atoms with E-state index in [1.54, 1.807) is 0 Å². The van der Waals surface area contributed by atoms with E-state index in [9.17, 15) is 18.7 Å². The molecule has 1 fully saturated rings. The van der Waals surface area contributed by atoms with Gasteiger partial charge < -0.3 is 9.97 Å². The Morgan fingerprint density at radius 1 is 0.900 bits per heavy atom. The second kappa shape index (κ2) is 6.94. The molecule has 3 heterocycles. The highest BCUT2D eigenvalue weighted by Crippen LogP contribution is 2.43. The standard InChI is InChI=1S/C22H19N3O4S/c26-21-12-30(28,29)11-20(21)23-10-13-5-6-18-15(7-13)9-19(24-18)16-8-14-3-1-2-4-17(14)25-22(16)27/h1-9,24,28-29H,10-12H2,(H,25,27). The summed E-state index contributed by atoms with van der Waals surface area (Å²) in [7, 11) is -2.85. The van der Waals surface area contributed by atoms with Crippen LogP contribution in [-0.2, 0) is 11.3 Å². The average Bonchev–Trinajstić information content (AvgIpc) is 3.24. The number of hydrogen-bond acceptors (Lipinski definition) is 5. The molecule has 152 valence electrons. The number of carbonyl (C=O) groups is 1. The zero-order chi connectivity index (χ0) is 20.9. The molecule has 0 saturated carbocycles. The number of hydrogen-bond donors (Lipinski definition) is 4. The van der Waals surface area contributed by atoms with Crippen LogP contribution in [0.3, 0.4) is 0 Å². The fraction of sp³-hybridized carbons (Fsp3) is 0.136. The van der Waals surface area contributed by atoms with E-state index in [0.29, 0.717) is 5.56 Å². The summed E-state index contributed by atoms with van der Waals surface area (Å²) in [5.74, 6) is -0.588. The second-order valence-electron chi connectivity index (χ2n) is 7.48. The number of benzene rings is 2. The van der Waals surface area contributed by atoms with Gasteiger partial charge in [-0.25, -0.2) is 0 Å². The zero-order valence-corrected chi connectivity index (χ0v) is 16.7. The summed E-state index contributed by atoms with van der Waals surface area (Å²) < 4.78 is 19.4. The highest BCUT2D eigenvalue weighted by atomic mass is 32.3. The number of rotatable bonds is 3. The van der Waals surface area contributed by atoms with E-state index in [-0.39, 0.29) is 35.1 Å². The van der Waals surface area contributed by atoms with Crippen molar-refractivity contribution in [2.75, 3.05) is 11.5 Å². The van der Waals surface area contributed by atoms with Gasteiger partial charge in [0.1, 0.15) is 5.75 Å². The molecule has 0 atom stereocenters. The molecule has 4 aromatic rings. The number of carbonyl (C=O) groups excluding carboxylic acids is 1. The minimum absolute atomic E-state index is 0.0624. The molecule has 0 aliphatic carbocycles. The van der Waals surface area contributed by atoms with Gasteiger partial charge in [0.25, 0.3) is 5.56 Å². The summed E-state index contributed by atoms with van der Waals surface area (Å²) in [6.45, 7) is 0.281. The number of H-pyrrole nitrogens is 2. The van der Waals surface area contributed by atoms with Crippen molar-refractivity contribution < 1.29 is 13.9 Å². The van der Waals surface area contributed by atoms with Crippen LogP contribution >= 0.6 is 10.6 Å². The highest BCUT2D eigenvalue weighted by Gasteiger charge is 2.32. The average molecular weight is 421 g/mol. The van der Waals surface area contributed by atoms with Crippen molar-refractivity contribution in [3.8, 4) is 11.3 Å². The minimum Gasteiger partial charge on any atom is -0.354 e. The topological polar surface area (TPSA) is 119 Å². The van der Waals surface area contributed by atoms with Gasteiger partial charge in [-0.2, -0.15) is 10.6 Å². The largest absolute Gasteiger partial charge is 0.354 e. The lowest BCUT2D eigenvalue weighted by molar-refractivity contribution is -0.110. The first-order valence-corrected chi connectivity index (χ1v) is 11.3. The van der Waals surface area contributed by atoms with Crippen molar-refractivity contribution in [1.82, 2.24) is 9.97 Å². The van der Waals surface area contributed by atoms with Gasteiger partial charge in [0, 0.05) is 16.4 Å². The fourth-order valence-electron chi connectivity index (χ4n) is 3.74. The Hall–Kier alpha value is -3.20. The molecular formula is C22H19N3O4S. The van der Waals surface area contributed by atoms with Crippen LogP contribution in [0.4, 0.5) is 0 Å². The van der Waals surface area contributed by atoms with Gasteiger partial charge in [0.2, 0.25) is 0 Å². The maximum atomic E-state index is 12.5. The lowest BCUT2D eigenvalue weighted by Gasteiger charge is -2.23. The molecule has 0 radical (unpaired) electrons. The van der Waals surface area contributed by atoms with Crippen molar-refractivity contribution in [1.29, 1.82) is 0 Å². The number of nitrogens with one attached hydrogen (secondary N) is 2. The Morgan fingerprint density at radius 2 is 1.70 bits per heavy atom. The maximum absolute atomic E-state index is 12.5. The number of nitrogens with zero attached hydrogens (tertiary/aromatic N) is 1. The third-order valence-corrected chi connectivity index (χ3v) is 6.69. The summed E-state index contributed by atoms with van der Waals surface area (Å²) in [6, 6.07) is 17.2. The summed E-state index contributed by atoms with van der Waals surface area (Å²) in [5.41, 5.74) is 3.94. The first-order valence-electron chi connectivity index (χ1n) is 9.42. The van der Waals surface area contributed by atoms with E-state index < -0.39 is 10.6 Å². The first-order chi connectivity index (χ1) is 14.4. The Labute approximate surface area is 172 Å². The maximum Gasteiger partial charge on any atom is 0.257 e. The number of fused-ring (bicyclic) bond motifs is 2. The number of Topliss-reactive ketones (excluding diaryl/α,β-unsaturated/α-hetero) is 1. The number of pyridine rings is 1. The SMILES string of the molecule is O=C1CS(O)(O)CC1=NCc1ccc2[nH]c(-c3cc4ccccc4[nH]c3=O)cc2c1. The molecule has 30 heavy (non-hydrogen) atoms. The molecule has 7 nitrogen and oxygen atoms in total. The lowest BCUT2D eigenvalue weighted by Crippen LogP contribution is -2.10. The first kappa shape index (κ1) is 18.8. The molecular weight excluding hydrogens is 402 g/mol. The molecule has 1 aliphatic heterocycles. The summed E-state index contributed by atoms with van der Waals surface area (Å²) in [5, 5.41) is 1.88. The quantitative estimate of drug-likeness (QED) is 0.400. The normalized spacial score (nSPS) is 18.5. The van der Waals surface area contributed by atoms with Crippen LogP contribution < -0.4 is 5.56 Å². The van der Waals surface area contributed by atoms with Gasteiger partial charge in [-0.05, 0) is 41.3 Å². The number of ketones is 1. The molecule has 1 aliphatic rings. The monoisotopic (exact) mass is 421 g/mol. The number of aromatic nitrogens is 2. The van der Waals surface area contributed by atoms with E-state index in [2.05, 4.69) is 15.0 Å². The molecule has 0 spiro atoms. The van der Waals surface area contributed by atoms with Crippen molar-refractivity contribution in [3.05, 3.63) is 70.5 Å². The van der Waals surface area contributed by atoms with Gasteiger partial charge in [-0.1, -0.05) is 24.3 Å². The molecule has 0 amide bonds. The predicted molar refractivity (Wildman–Crippen MR) is 121 cm³/mol. The highest BCUT2D eigenvalue weighted by molar-refractivity contribution is 8.26. The van der Waals surface area contributed by atoms with E-state index in [0.717, 1.165) is 33.1 Å². The van der Waals surface area contributed by atoms with Crippen LogP contribution in [0.1, 0.15) is 5.56 Å². The van der Waals surface area contributed by atoms with E-state index >= 15 is 0 Å². The smallest absolute Gasteiger partial charge is 0.257 e. The van der Waals surface area contributed by atoms with Crippen LogP contribution in [0.5, 0.6) is 0 Å². The van der Waals surface area contributed by atoms with Crippen LogP contribution in [0.15, 0.2) is 64.4 Å². The summed E-state index contributed by atoms with van der Waals surface area (Å²) in [4.78, 5) is 34.9. The second-order valence-corrected chi connectivity index (χ2v) is 9.66. The van der Waals surface area contributed by atoms with Crippen molar-refractivity contribution >= 4 is 43.9 Å². The molecule has 2 aromatic carbocycles. The van der Waals surface area contributed by atoms with Gasteiger partial charge >= 0.3 is 0 Å². The van der Waals surface area contributed by atoms with E-state index in [1.165, 1.54) is 0 Å². The van der Waals surface area contributed by atoms with E-state index in [1.807, 2.05) is 54.6 Å². The summed E-state index contributed by atoms with van der Waals surface area (Å²) in [6.07, 6.45) is 0. The Balaban J connectivity index is 1.47. The Kier molecular flexibility index (Phi) is 4.35. The fourth-order valence-corrected chi connectivity index (χ4v) is 5.12. The Bertz CT molecular complexity index is 1400. The molecule has 1 saturated heterocycles. The van der Waals surface area contributed by atoms with Crippen LogP contribution in [0.25, 0.3) is 33.1 Å². The van der Waals surface area contributed by atoms with Gasteiger partial charge in [-0.15, -0.1) is 0 Å². The lowest BCUT2D eigenvalue weighted by atomic mass is 10.1. The van der Waals surface area contributed by atoms with Gasteiger partial charge in [-0.3, -0.25) is 23.7 Å². The number of aliphatic imine (C=N–C) groups is 1. The zero-order valence-electron chi connectivity index (χ0n) is 15.9. The van der Waals surface area contributed by atoms with E-state index in [4.69, 9.17) is 0 Å². The summed E-state index contributed by atoms with van der Waals surface area (Å²) >= 11 is 0. The number of para-hydroxylation sites is 1. The molecule has 4 N–H and O–H groups in total. The molecule has 5 rings (SSSR count). The van der Waals surface area contributed by atoms with Gasteiger partial charge in [0.15, 0.2) is 5.78 Å². The molecule has 0 bridgehead atoms. The number of aromatic amines is 2. The molecule has 0 unspecified atom stereocenters. The molecule has 2 aromatic heterocycles. The molecule has 8 heteroatoms. The third kappa shape index (κ3) is 3.45. The van der Waals surface area contributed by atoms with Crippen molar-refractivity contribution in [3.63, 3.8) is 0 Å². The Morgan fingerprint density at radius 3 is 2.50 bits per heavy atom. The van der Waals surface area contributed by atoms with Crippen molar-refractivity contribution in [2.24, 2.45) is 4.99 Å². The van der Waals surface area contributed by atoms with Crippen LogP contribution in [0.2, 0.25) is 0 Å². The minimum atomic E-state index is -2.85. The van der Waals surface area contributed by atoms with Gasteiger partial charge in [0.05, 0.1) is 29.3 Å².